The molecule has 0 saturated carbocycles. The Morgan fingerprint density at radius 1 is 1.40 bits per heavy atom. The molecule has 0 bridgehead atoms. The minimum atomic E-state index is -0.349. The van der Waals surface area contributed by atoms with Crippen molar-refractivity contribution >= 4 is 28.3 Å². The summed E-state index contributed by atoms with van der Waals surface area (Å²) in [6, 6.07) is 0. The number of nitrogens with zero attached hydrogens (tertiary/aromatic N) is 2. The fraction of sp³-hybridized carbons (Fsp3) is 0.706. The van der Waals surface area contributed by atoms with Crippen molar-refractivity contribution in [1.82, 2.24) is 15.2 Å². The molecule has 2 N–H and O–H groups in total. The van der Waals surface area contributed by atoms with E-state index in [1.807, 2.05) is 20.8 Å². The molecular formula is C17H26N4O3S. The van der Waals surface area contributed by atoms with Crippen LogP contribution < -0.4 is 10.6 Å². The molecule has 1 unspecified atom stereocenters. The van der Waals surface area contributed by atoms with E-state index in [2.05, 4.69) is 20.5 Å². The molecule has 2 aliphatic heterocycles. The highest BCUT2D eigenvalue weighted by atomic mass is 32.1. The molecule has 0 aromatic carbocycles. The van der Waals surface area contributed by atoms with E-state index in [0.29, 0.717) is 24.8 Å². The van der Waals surface area contributed by atoms with Crippen LogP contribution in [0, 0.1) is 0 Å². The fourth-order valence-corrected chi connectivity index (χ4v) is 4.12. The quantitative estimate of drug-likeness (QED) is 0.844. The van der Waals surface area contributed by atoms with Crippen LogP contribution in [0.25, 0.3) is 0 Å². The maximum atomic E-state index is 12.1. The number of carbonyl (C=O) groups is 2. The van der Waals surface area contributed by atoms with Crippen LogP contribution in [0.3, 0.4) is 0 Å². The Bertz CT molecular complexity index is 647. The number of amides is 2. The Morgan fingerprint density at radius 3 is 2.88 bits per heavy atom. The molecule has 3 heterocycles. The molecule has 1 aromatic rings. The van der Waals surface area contributed by atoms with Crippen LogP contribution in [0.5, 0.6) is 0 Å². The number of ether oxygens (including phenoxy) is 1. The lowest BCUT2D eigenvalue weighted by molar-refractivity contribution is -0.125. The lowest BCUT2D eigenvalue weighted by atomic mass is 10.1. The van der Waals surface area contributed by atoms with Gasteiger partial charge in [-0.3, -0.25) is 19.8 Å². The Morgan fingerprint density at radius 2 is 2.20 bits per heavy atom. The van der Waals surface area contributed by atoms with E-state index in [1.54, 1.807) is 0 Å². The van der Waals surface area contributed by atoms with E-state index in [0.717, 1.165) is 36.4 Å². The molecule has 0 aliphatic carbocycles. The summed E-state index contributed by atoms with van der Waals surface area (Å²) in [6.45, 7) is 8.46. The first-order valence-electron chi connectivity index (χ1n) is 8.74. The van der Waals surface area contributed by atoms with Gasteiger partial charge in [0.15, 0.2) is 5.13 Å². The van der Waals surface area contributed by atoms with Gasteiger partial charge in [-0.25, -0.2) is 4.98 Å². The molecule has 8 heteroatoms. The third kappa shape index (κ3) is 4.99. The zero-order chi connectivity index (χ0) is 18.0. The van der Waals surface area contributed by atoms with Crippen molar-refractivity contribution in [2.24, 2.45) is 0 Å². The van der Waals surface area contributed by atoms with Gasteiger partial charge >= 0.3 is 0 Å². The highest BCUT2D eigenvalue weighted by molar-refractivity contribution is 7.15. The first-order valence-corrected chi connectivity index (χ1v) is 9.56. The minimum Gasteiger partial charge on any atom is -0.368 e. The van der Waals surface area contributed by atoms with Gasteiger partial charge < -0.3 is 10.1 Å². The van der Waals surface area contributed by atoms with Crippen molar-refractivity contribution < 1.29 is 14.3 Å². The summed E-state index contributed by atoms with van der Waals surface area (Å²) in [5, 5.41) is 6.49. The summed E-state index contributed by atoms with van der Waals surface area (Å²) in [6.07, 6.45) is 2.15. The Balaban J connectivity index is 1.55. The maximum Gasteiger partial charge on any atom is 0.255 e. The van der Waals surface area contributed by atoms with Crippen LogP contribution in [0.15, 0.2) is 0 Å². The SMILES string of the molecule is CC(C)(C)NC(=O)CN1CCc2nc(NC(=O)C3CCCO3)sc2C1. The molecule has 25 heavy (non-hydrogen) atoms. The van der Waals surface area contributed by atoms with Crippen molar-refractivity contribution in [2.45, 2.75) is 58.2 Å². The molecule has 1 aromatic heterocycles. The molecule has 2 aliphatic rings. The number of fused-ring (bicyclic) bond motifs is 1. The van der Waals surface area contributed by atoms with Gasteiger partial charge in [0.25, 0.3) is 5.91 Å². The summed E-state index contributed by atoms with van der Waals surface area (Å²) in [7, 11) is 0. The largest absolute Gasteiger partial charge is 0.368 e. The van der Waals surface area contributed by atoms with Crippen LogP contribution in [0.1, 0.15) is 44.2 Å². The second kappa shape index (κ2) is 7.39. The van der Waals surface area contributed by atoms with Crippen LogP contribution >= 0.6 is 11.3 Å². The van der Waals surface area contributed by atoms with Crippen LogP contribution in [-0.2, 0) is 27.3 Å². The summed E-state index contributed by atoms with van der Waals surface area (Å²) >= 11 is 1.49. The first-order chi connectivity index (χ1) is 11.8. The van der Waals surface area contributed by atoms with E-state index in [1.165, 1.54) is 11.3 Å². The predicted molar refractivity (Wildman–Crippen MR) is 96.6 cm³/mol. The number of rotatable bonds is 4. The van der Waals surface area contributed by atoms with Gasteiger partial charge in [0.05, 0.1) is 12.2 Å². The van der Waals surface area contributed by atoms with Gasteiger partial charge in [-0.15, -0.1) is 11.3 Å². The van der Waals surface area contributed by atoms with Gasteiger partial charge in [0.1, 0.15) is 6.10 Å². The third-order valence-corrected chi connectivity index (χ3v) is 5.14. The van der Waals surface area contributed by atoms with Gasteiger partial charge in [-0.2, -0.15) is 0 Å². The van der Waals surface area contributed by atoms with Gasteiger partial charge in [0, 0.05) is 36.5 Å². The van der Waals surface area contributed by atoms with Gasteiger partial charge in [-0.1, -0.05) is 0 Å². The number of carbonyl (C=O) groups excluding carboxylic acids is 2. The van der Waals surface area contributed by atoms with Crippen molar-refractivity contribution in [3.63, 3.8) is 0 Å². The molecule has 0 spiro atoms. The second-order valence-corrected chi connectivity index (χ2v) is 8.72. The Labute approximate surface area is 152 Å². The van der Waals surface area contributed by atoms with E-state index in [4.69, 9.17) is 4.74 Å². The predicted octanol–water partition coefficient (Wildman–Crippen LogP) is 1.53. The molecule has 1 atom stereocenters. The fourth-order valence-electron chi connectivity index (χ4n) is 3.07. The molecule has 2 amide bonds. The second-order valence-electron chi connectivity index (χ2n) is 7.64. The number of anilines is 1. The lowest BCUT2D eigenvalue weighted by Crippen LogP contribution is -2.46. The van der Waals surface area contributed by atoms with Crippen molar-refractivity contribution in [1.29, 1.82) is 0 Å². The number of thiazole rings is 1. The smallest absolute Gasteiger partial charge is 0.255 e. The molecular weight excluding hydrogens is 340 g/mol. The molecule has 1 saturated heterocycles. The monoisotopic (exact) mass is 366 g/mol. The lowest BCUT2D eigenvalue weighted by Gasteiger charge is -2.27. The Kier molecular flexibility index (Phi) is 5.41. The topological polar surface area (TPSA) is 83.6 Å². The van der Waals surface area contributed by atoms with Crippen molar-refractivity contribution in [3.8, 4) is 0 Å². The zero-order valence-corrected chi connectivity index (χ0v) is 15.9. The molecule has 1 fully saturated rings. The van der Waals surface area contributed by atoms with Crippen LogP contribution in [-0.4, -0.2) is 53.0 Å². The zero-order valence-electron chi connectivity index (χ0n) is 15.1. The average molecular weight is 366 g/mol. The standard InChI is InChI=1S/C17H26N4O3S/c1-17(2,3)20-14(22)10-21-7-6-11-13(9-21)25-16(18-11)19-15(23)12-5-4-8-24-12/h12H,4-10H2,1-3H3,(H,20,22)(H,18,19,23). The highest BCUT2D eigenvalue weighted by Crippen LogP contribution is 2.28. The van der Waals surface area contributed by atoms with E-state index >= 15 is 0 Å². The molecule has 138 valence electrons. The summed E-state index contributed by atoms with van der Waals surface area (Å²) < 4.78 is 5.40. The van der Waals surface area contributed by atoms with Crippen LogP contribution in [0.2, 0.25) is 0 Å². The van der Waals surface area contributed by atoms with E-state index in [9.17, 15) is 9.59 Å². The normalized spacial score (nSPS) is 21.0. The first kappa shape index (κ1) is 18.3. The van der Waals surface area contributed by atoms with E-state index in [-0.39, 0.29) is 23.5 Å². The number of hydrogen-bond acceptors (Lipinski definition) is 6. The average Bonchev–Trinajstić information content (AvgIpc) is 3.13. The van der Waals surface area contributed by atoms with Crippen molar-refractivity contribution in [3.05, 3.63) is 10.6 Å². The number of hydrogen-bond donors (Lipinski definition) is 2. The maximum absolute atomic E-state index is 12.1. The summed E-state index contributed by atoms with van der Waals surface area (Å²) in [5.41, 5.74) is 0.808. The summed E-state index contributed by atoms with van der Waals surface area (Å²) in [4.78, 5) is 32.0. The number of nitrogens with one attached hydrogen (secondary N) is 2. The molecule has 0 radical (unpaired) electrons. The third-order valence-electron chi connectivity index (χ3n) is 4.14. The minimum absolute atomic E-state index is 0.0346. The van der Waals surface area contributed by atoms with Gasteiger partial charge in [0.2, 0.25) is 5.91 Å². The number of aromatic nitrogens is 1. The van der Waals surface area contributed by atoms with Crippen LogP contribution in [0.4, 0.5) is 5.13 Å². The van der Waals surface area contributed by atoms with Gasteiger partial charge in [-0.05, 0) is 33.6 Å². The summed E-state index contributed by atoms with van der Waals surface area (Å²) in [5.74, 6) is -0.0719. The highest BCUT2D eigenvalue weighted by Gasteiger charge is 2.27. The van der Waals surface area contributed by atoms with Crippen molar-refractivity contribution in [2.75, 3.05) is 25.0 Å². The molecule has 3 rings (SSSR count). The van der Waals surface area contributed by atoms with E-state index < -0.39 is 0 Å². The Hall–Kier alpha value is -1.51. The molecule has 7 nitrogen and oxygen atoms in total.